The number of rotatable bonds is 7. The first-order valence-corrected chi connectivity index (χ1v) is 5.47. The summed E-state index contributed by atoms with van der Waals surface area (Å²) in [6.07, 6.45) is 4.96. The van der Waals surface area contributed by atoms with E-state index in [1.807, 2.05) is 6.08 Å². The Morgan fingerprint density at radius 2 is 2.07 bits per heavy atom. The maximum absolute atomic E-state index is 8.95. The van der Waals surface area contributed by atoms with Gasteiger partial charge in [-0.1, -0.05) is 26.8 Å². The molecule has 2 nitrogen and oxygen atoms in total. The van der Waals surface area contributed by atoms with Crippen LogP contribution in [-0.2, 0) is 0 Å². The molecule has 0 aliphatic rings. The van der Waals surface area contributed by atoms with E-state index in [0.717, 1.165) is 25.8 Å². The van der Waals surface area contributed by atoms with Crippen LogP contribution in [0.25, 0.3) is 0 Å². The second-order valence-corrected chi connectivity index (χ2v) is 4.82. The molecule has 0 saturated carbocycles. The standard InChI is InChI=1S/C12H25NO/c1-5-6-7-9-13-11(8-10-14)12(2,3)4/h5,11,13-14H,1,6-10H2,2-4H3. The van der Waals surface area contributed by atoms with Crippen molar-refractivity contribution >= 4 is 0 Å². The van der Waals surface area contributed by atoms with E-state index in [-0.39, 0.29) is 12.0 Å². The lowest BCUT2D eigenvalue weighted by Gasteiger charge is -2.31. The first-order chi connectivity index (χ1) is 6.52. The highest BCUT2D eigenvalue weighted by atomic mass is 16.3. The lowest BCUT2D eigenvalue weighted by atomic mass is 9.85. The monoisotopic (exact) mass is 199 g/mol. The first kappa shape index (κ1) is 13.7. The molecular weight excluding hydrogens is 174 g/mol. The number of hydrogen-bond acceptors (Lipinski definition) is 2. The molecule has 0 aromatic carbocycles. The van der Waals surface area contributed by atoms with E-state index in [1.165, 1.54) is 0 Å². The van der Waals surface area contributed by atoms with Crippen molar-refractivity contribution in [1.29, 1.82) is 0 Å². The van der Waals surface area contributed by atoms with E-state index in [1.54, 1.807) is 0 Å². The average Bonchev–Trinajstić information content (AvgIpc) is 2.08. The van der Waals surface area contributed by atoms with Crippen LogP contribution < -0.4 is 5.32 Å². The van der Waals surface area contributed by atoms with Crippen LogP contribution in [0.3, 0.4) is 0 Å². The molecule has 0 aliphatic carbocycles. The molecule has 2 N–H and O–H groups in total. The first-order valence-electron chi connectivity index (χ1n) is 5.47. The zero-order chi connectivity index (χ0) is 11.0. The molecule has 0 rings (SSSR count). The Balaban J connectivity index is 3.79. The molecule has 84 valence electrons. The van der Waals surface area contributed by atoms with E-state index >= 15 is 0 Å². The summed E-state index contributed by atoms with van der Waals surface area (Å²) in [7, 11) is 0. The van der Waals surface area contributed by atoms with Crippen LogP contribution in [0.4, 0.5) is 0 Å². The summed E-state index contributed by atoms with van der Waals surface area (Å²) in [4.78, 5) is 0. The van der Waals surface area contributed by atoms with Gasteiger partial charge in [-0.25, -0.2) is 0 Å². The lowest BCUT2D eigenvalue weighted by Crippen LogP contribution is -2.41. The van der Waals surface area contributed by atoms with Crippen LogP contribution >= 0.6 is 0 Å². The number of aliphatic hydroxyl groups excluding tert-OH is 1. The van der Waals surface area contributed by atoms with Gasteiger partial charge in [-0.2, -0.15) is 0 Å². The summed E-state index contributed by atoms with van der Waals surface area (Å²) < 4.78 is 0. The van der Waals surface area contributed by atoms with Gasteiger partial charge in [0.2, 0.25) is 0 Å². The van der Waals surface area contributed by atoms with Crippen molar-refractivity contribution in [3.63, 3.8) is 0 Å². The molecule has 0 fully saturated rings. The van der Waals surface area contributed by atoms with Crippen LogP contribution in [0.15, 0.2) is 12.7 Å². The molecule has 0 saturated heterocycles. The van der Waals surface area contributed by atoms with Gasteiger partial charge in [0.25, 0.3) is 0 Å². The van der Waals surface area contributed by atoms with E-state index in [4.69, 9.17) is 5.11 Å². The smallest absolute Gasteiger partial charge is 0.0446 e. The number of allylic oxidation sites excluding steroid dienone is 1. The molecule has 0 spiro atoms. The Kier molecular flexibility index (Phi) is 6.85. The van der Waals surface area contributed by atoms with Crippen LogP contribution in [0.5, 0.6) is 0 Å². The molecule has 0 aromatic heterocycles. The van der Waals surface area contributed by atoms with Gasteiger partial charge in [0.05, 0.1) is 0 Å². The summed E-state index contributed by atoms with van der Waals surface area (Å²) in [5, 5.41) is 12.4. The van der Waals surface area contributed by atoms with Crippen molar-refractivity contribution in [3.05, 3.63) is 12.7 Å². The predicted molar refractivity (Wildman–Crippen MR) is 62.4 cm³/mol. The van der Waals surface area contributed by atoms with Crippen molar-refractivity contribution in [2.75, 3.05) is 13.2 Å². The fourth-order valence-corrected chi connectivity index (χ4v) is 1.49. The van der Waals surface area contributed by atoms with E-state index < -0.39 is 0 Å². The number of nitrogens with one attached hydrogen (secondary N) is 1. The number of aliphatic hydroxyl groups is 1. The Labute approximate surface area is 88.4 Å². The van der Waals surface area contributed by atoms with E-state index in [0.29, 0.717) is 6.04 Å². The fourth-order valence-electron chi connectivity index (χ4n) is 1.49. The molecule has 0 amide bonds. The van der Waals surface area contributed by atoms with Gasteiger partial charge in [0, 0.05) is 12.6 Å². The minimum atomic E-state index is 0.219. The summed E-state index contributed by atoms with van der Waals surface area (Å²) in [5.41, 5.74) is 0.219. The Hall–Kier alpha value is -0.340. The maximum atomic E-state index is 8.95. The van der Waals surface area contributed by atoms with Crippen LogP contribution in [0.2, 0.25) is 0 Å². The Morgan fingerprint density at radius 1 is 1.43 bits per heavy atom. The third-order valence-corrected chi connectivity index (χ3v) is 2.44. The van der Waals surface area contributed by atoms with Crippen LogP contribution in [0.1, 0.15) is 40.0 Å². The van der Waals surface area contributed by atoms with Crippen molar-refractivity contribution in [2.45, 2.75) is 46.1 Å². The molecule has 0 radical (unpaired) electrons. The second kappa shape index (κ2) is 7.02. The largest absolute Gasteiger partial charge is 0.396 e. The van der Waals surface area contributed by atoms with Gasteiger partial charge in [-0.3, -0.25) is 0 Å². The van der Waals surface area contributed by atoms with Gasteiger partial charge in [0.15, 0.2) is 0 Å². The zero-order valence-corrected chi connectivity index (χ0v) is 9.84. The second-order valence-electron chi connectivity index (χ2n) is 4.82. The van der Waals surface area contributed by atoms with Crippen LogP contribution in [0, 0.1) is 5.41 Å². The summed E-state index contributed by atoms with van der Waals surface area (Å²) in [6.45, 7) is 11.6. The topological polar surface area (TPSA) is 32.3 Å². The molecule has 1 unspecified atom stereocenters. The maximum Gasteiger partial charge on any atom is 0.0446 e. The Bertz CT molecular complexity index is 149. The summed E-state index contributed by atoms with van der Waals surface area (Å²) in [6, 6.07) is 0.400. The third-order valence-electron chi connectivity index (χ3n) is 2.44. The van der Waals surface area contributed by atoms with E-state index in [9.17, 15) is 0 Å². The average molecular weight is 199 g/mol. The molecule has 2 heteroatoms. The molecule has 0 aliphatic heterocycles. The van der Waals surface area contributed by atoms with E-state index in [2.05, 4.69) is 32.7 Å². The fraction of sp³-hybridized carbons (Fsp3) is 0.833. The highest BCUT2D eigenvalue weighted by Crippen LogP contribution is 2.21. The normalized spacial score (nSPS) is 14.0. The molecule has 0 aromatic rings. The van der Waals surface area contributed by atoms with Crippen LogP contribution in [-0.4, -0.2) is 24.3 Å². The highest BCUT2D eigenvalue weighted by Gasteiger charge is 2.22. The lowest BCUT2D eigenvalue weighted by molar-refractivity contribution is 0.197. The number of hydrogen-bond donors (Lipinski definition) is 2. The number of unbranched alkanes of at least 4 members (excludes halogenated alkanes) is 1. The quantitative estimate of drug-likeness (QED) is 0.487. The predicted octanol–water partition coefficient (Wildman–Crippen LogP) is 2.34. The van der Waals surface area contributed by atoms with Crippen molar-refractivity contribution in [3.8, 4) is 0 Å². The zero-order valence-electron chi connectivity index (χ0n) is 9.84. The van der Waals surface area contributed by atoms with Crippen molar-refractivity contribution < 1.29 is 5.11 Å². The van der Waals surface area contributed by atoms with Gasteiger partial charge in [0.1, 0.15) is 0 Å². The summed E-state index contributed by atoms with van der Waals surface area (Å²) in [5.74, 6) is 0. The van der Waals surface area contributed by atoms with Crippen molar-refractivity contribution in [2.24, 2.45) is 5.41 Å². The summed E-state index contributed by atoms with van der Waals surface area (Å²) >= 11 is 0. The van der Waals surface area contributed by atoms with Gasteiger partial charge < -0.3 is 10.4 Å². The molecular formula is C12H25NO. The molecule has 14 heavy (non-hydrogen) atoms. The molecule has 0 heterocycles. The molecule has 0 bridgehead atoms. The minimum absolute atomic E-state index is 0.219. The third kappa shape index (κ3) is 6.17. The van der Waals surface area contributed by atoms with Gasteiger partial charge >= 0.3 is 0 Å². The highest BCUT2D eigenvalue weighted by molar-refractivity contribution is 4.80. The minimum Gasteiger partial charge on any atom is -0.396 e. The SMILES string of the molecule is C=CCCCNC(CCO)C(C)(C)C. The Morgan fingerprint density at radius 3 is 2.50 bits per heavy atom. The molecule has 1 atom stereocenters. The van der Waals surface area contributed by atoms with Gasteiger partial charge in [-0.05, 0) is 31.2 Å². The van der Waals surface area contributed by atoms with Crippen molar-refractivity contribution in [1.82, 2.24) is 5.32 Å². The van der Waals surface area contributed by atoms with Gasteiger partial charge in [-0.15, -0.1) is 6.58 Å².